The van der Waals surface area contributed by atoms with Gasteiger partial charge >= 0.3 is 6.18 Å². The van der Waals surface area contributed by atoms with Gasteiger partial charge in [-0.1, -0.05) is 41.9 Å². The van der Waals surface area contributed by atoms with Crippen molar-refractivity contribution in [2.45, 2.75) is 19.1 Å². The van der Waals surface area contributed by atoms with Crippen LogP contribution in [0.2, 0.25) is 5.02 Å². The molecule has 0 atom stereocenters. The van der Waals surface area contributed by atoms with Crippen LogP contribution in [-0.4, -0.2) is 12.8 Å². The Morgan fingerprint density at radius 2 is 1.81 bits per heavy atom. The van der Waals surface area contributed by atoms with Crippen LogP contribution in [0.1, 0.15) is 22.3 Å². The lowest BCUT2D eigenvalue weighted by molar-refractivity contribution is -0.137. The fraction of sp³-hybridized carbons (Fsp3) is 0.174. The van der Waals surface area contributed by atoms with Crippen molar-refractivity contribution in [2.75, 3.05) is 12.1 Å². The highest BCUT2D eigenvalue weighted by Crippen LogP contribution is 2.40. The second-order valence-corrected chi connectivity index (χ2v) is 7.53. The van der Waals surface area contributed by atoms with Gasteiger partial charge in [0.15, 0.2) is 0 Å². The average molecular weight is 467 g/mol. The Labute approximate surface area is 185 Å². The van der Waals surface area contributed by atoms with Crippen molar-refractivity contribution in [1.29, 1.82) is 0 Å². The van der Waals surface area contributed by atoms with Crippen LogP contribution in [0.5, 0.6) is 5.75 Å². The molecule has 9 heteroatoms. The quantitative estimate of drug-likeness (QED) is 0.404. The van der Waals surface area contributed by atoms with E-state index in [1.54, 1.807) is 18.2 Å². The number of benzene rings is 3. The second-order valence-electron chi connectivity index (χ2n) is 7.15. The molecule has 0 saturated carbocycles. The Balaban J connectivity index is 1.84. The van der Waals surface area contributed by atoms with Crippen molar-refractivity contribution < 1.29 is 26.7 Å². The predicted molar refractivity (Wildman–Crippen MR) is 112 cm³/mol. The number of hydrogen-bond donors (Lipinski definition) is 0. The molecule has 0 spiro atoms. The minimum absolute atomic E-state index is 0.0977. The highest BCUT2D eigenvalue weighted by Gasteiger charge is 2.35. The normalized spacial score (nSPS) is 13.6. The molecule has 0 amide bonds. The molecule has 0 saturated heterocycles. The minimum atomic E-state index is -4.62. The van der Waals surface area contributed by atoms with Crippen molar-refractivity contribution >= 4 is 23.0 Å². The molecular weight excluding hydrogens is 451 g/mol. The number of ether oxygens (including phenoxy) is 1. The van der Waals surface area contributed by atoms with Crippen molar-refractivity contribution in [3.8, 4) is 5.75 Å². The maximum Gasteiger partial charge on any atom is 0.417 e. The van der Waals surface area contributed by atoms with E-state index in [0.29, 0.717) is 17.0 Å². The third-order valence-electron chi connectivity index (χ3n) is 5.11. The molecule has 0 fully saturated rings. The molecule has 1 aliphatic rings. The first-order valence-corrected chi connectivity index (χ1v) is 9.87. The molecule has 0 bridgehead atoms. The zero-order valence-corrected chi connectivity index (χ0v) is 17.4. The van der Waals surface area contributed by atoms with Crippen molar-refractivity contribution in [3.05, 3.63) is 93.5 Å². The molecule has 3 aromatic carbocycles. The highest BCUT2D eigenvalue weighted by molar-refractivity contribution is 6.35. The van der Waals surface area contributed by atoms with Crippen molar-refractivity contribution in [3.63, 3.8) is 0 Å². The van der Waals surface area contributed by atoms with Crippen LogP contribution in [0, 0.1) is 11.6 Å². The van der Waals surface area contributed by atoms with E-state index in [0.717, 1.165) is 18.2 Å². The Morgan fingerprint density at radius 1 is 1.06 bits per heavy atom. The molecule has 0 unspecified atom stereocenters. The topological polar surface area (TPSA) is 24.8 Å². The molecular formula is C23H16ClF5N2O. The fourth-order valence-corrected chi connectivity index (χ4v) is 3.97. The molecule has 166 valence electrons. The highest BCUT2D eigenvalue weighted by atomic mass is 35.5. The summed E-state index contributed by atoms with van der Waals surface area (Å²) in [5, 5.41) is 5.47. The van der Waals surface area contributed by atoms with E-state index in [9.17, 15) is 22.0 Å². The summed E-state index contributed by atoms with van der Waals surface area (Å²) in [5.41, 5.74) is 0.857. The summed E-state index contributed by atoms with van der Waals surface area (Å²) >= 11 is 6.12. The van der Waals surface area contributed by atoms with E-state index in [2.05, 4.69) is 5.10 Å². The van der Waals surface area contributed by atoms with E-state index in [4.69, 9.17) is 16.3 Å². The zero-order chi connectivity index (χ0) is 23.0. The molecule has 3 aromatic rings. The first-order valence-electron chi connectivity index (χ1n) is 9.50. The molecule has 0 radical (unpaired) electrons. The van der Waals surface area contributed by atoms with Gasteiger partial charge in [0.1, 0.15) is 23.1 Å². The van der Waals surface area contributed by atoms with Crippen LogP contribution in [0.4, 0.5) is 27.6 Å². The standard InChI is InChI=1S/C23H16ClF5N2O/c1-32-20-7-2-4-13-10-19(16-5-3-6-17(21(16)24)23(27,28)29)30-31(22(13)20)12-14-8-9-15(25)11-18(14)26/h2-9,11H,10,12H2,1H3. The molecule has 32 heavy (non-hydrogen) atoms. The van der Waals surface area contributed by atoms with Gasteiger partial charge in [-0.25, -0.2) is 8.78 Å². The number of halogens is 6. The van der Waals surface area contributed by atoms with Crippen LogP contribution < -0.4 is 9.75 Å². The number of hydrogen-bond acceptors (Lipinski definition) is 3. The first kappa shape index (κ1) is 22.1. The monoisotopic (exact) mass is 466 g/mol. The summed E-state index contributed by atoms with van der Waals surface area (Å²) in [6.45, 7) is -0.0977. The smallest absolute Gasteiger partial charge is 0.417 e. The van der Waals surface area contributed by atoms with Gasteiger partial charge in [0.05, 0.1) is 30.0 Å². The van der Waals surface area contributed by atoms with Crippen LogP contribution in [-0.2, 0) is 19.1 Å². The van der Waals surface area contributed by atoms with Crippen LogP contribution in [0.15, 0.2) is 59.7 Å². The molecule has 0 N–H and O–H groups in total. The van der Waals surface area contributed by atoms with Gasteiger partial charge in [0.25, 0.3) is 0 Å². The summed E-state index contributed by atoms with van der Waals surface area (Å²) in [4.78, 5) is 0. The molecule has 1 aliphatic heterocycles. The van der Waals surface area contributed by atoms with Crippen molar-refractivity contribution in [2.24, 2.45) is 5.10 Å². The van der Waals surface area contributed by atoms with Crippen LogP contribution in [0.3, 0.4) is 0 Å². The Hall–Kier alpha value is -3.13. The zero-order valence-electron chi connectivity index (χ0n) is 16.7. The Kier molecular flexibility index (Phi) is 5.81. The molecule has 4 rings (SSSR count). The molecule has 3 nitrogen and oxygen atoms in total. The largest absolute Gasteiger partial charge is 0.494 e. The number of methoxy groups -OCH3 is 1. The number of alkyl halides is 3. The maximum absolute atomic E-state index is 14.3. The van der Waals surface area contributed by atoms with E-state index in [1.165, 1.54) is 30.3 Å². The van der Waals surface area contributed by atoms with Gasteiger partial charge in [-0.05, 0) is 23.8 Å². The van der Waals surface area contributed by atoms with Crippen LogP contribution in [0.25, 0.3) is 0 Å². The van der Waals surface area contributed by atoms with E-state index in [1.807, 2.05) is 0 Å². The van der Waals surface area contributed by atoms with Crippen LogP contribution >= 0.6 is 11.6 Å². The fourth-order valence-electron chi connectivity index (χ4n) is 3.63. The third kappa shape index (κ3) is 4.14. The van der Waals surface area contributed by atoms with E-state index >= 15 is 0 Å². The van der Waals surface area contributed by atoms with Crippen molar-refractivity contribution in [1.82, 2.24) is 0 Å². The number of nitrogens with zero attached hydrogens (tertiary/aromatic N) is 2. The molecule has 0 aromatic heterocycles. The van der Waals surface area contributed by atoms with Gasteiger partial charge in [0, 0.05) is 23.6 Å². The van der Waals surface area contributed by atoms with Gasteiger partial charge in [-0.2, -0.15) is 18.3 Å². The van der Waals surface area contributed by atoms with E-state index < -0.39 is 28.4 Å². The summed E-state index contributed by atoms with van der Waals surface area (Å²) in [5.74, 6) is -1.02. The van der Waals surface area contributed by atoms with Gasteiger partial charge < -0.3 is 4.74 Å². The average Bonchev–Trinajstić information content (AvgIpc) is 2.74. The SMILES string of the molecule is COc1cccc2c1N(Cc1ccc(F)cc1F)N=C(c1cccc(C(F)(F)F)c1Cl)C2. The van der Waals surface area contributed by atoms with Gasteiger partial charge in [0.2, 0.25) is 0 Å². The number of hydrazone groups is 1. The minimum Gasteiger partial charge on any atom is -0.494 e. The maximum atomic E-state index is 14.3. The number of anilines is 1. The lowest BCUT2D eigenvalue weighted by atomic mass is 9.97. The summed E-state index contributed by atoms with van der Waals surface area (Å²) in [6.07, 6.45) is -4.43. The number of para-hydroxylation sites is 1. The second kappa shape index (κ2) is 8.43. The lowest BCUT2D eigenvalue weighted by Crippen LogP contribution is -2.27. The molecule has 1 heterocycles. The first-order chi connectivity index (χ1) is 15.2. The Morgan fingerprint density at radius 3 is 2.50 bits per heavy atom. The van der Waals surface area contributed by atoms with Gasteiger partial charge in [-0.3, -0.25) is 5.01 Å². The number of rotatable bonds is 4. The summed E-state index contributed by atoms with van der Waals surface area (Å²) < 4.78 is 73.2. The Bertz CT molecular complexity index is 1210. The summed E-state index contributed by atoms with van der Waals surface area (Å²) in [7, 11) is 1.47. The lowest BCUT2D eigenvalue weighted by Gasteiger charge is -2.30. The molecule has 0 aliphatic carbocycles. The van der Waals surface area contributed by atoms with E-state index in [-0.39, 0.29) is 29.8 Å². The third-order valence-corrected chi connectivity index (χ3v) is 5.52. The van der Waals surface area contributed by atoms with Gasteiger partial charge in [-0.15, -0.1) is 0 Å². The predicted octanol–water partition coefficient (Wildman–Crippen LogP) is 6.61. The summed E-state index contributed by atoms with van der Waals surface area (Å²) in [6, 6.07) is 12.0. The number of fused-ring (bicyclic) bond motifs is 1.